The Labute approximate surface area is 121 Å². The Hall–Kier alpha value is -2.75. The summed E-state index contributed by atoms with van der Waals surface area (Å²) < 4.78 is 16.2. The van der Waals surface area contributed by atoms with Crippen LogP contribution < -0.4 is 14.9 Å². The minimum absolute atomic E-state index is 0.0864. The molecule has 0 atom stereocenters. The molecule has 0 radical (unpaired) electrons. The van der Waals surface area contributed by atoms with Crippen LogP contribution in [0, 0.1) is 0 Å². The molecular weight excluding hydrogens is 268 g/mol. The van der Waals surface area contributed by atoms with E-state index in [1.54, 1.807) is 32.4 Å². The van der Waals surface area contributed by atoms with Gasteiger partial charge >= 0.3 is 0 Å². The second kappa shape index (κ2) is 5.32. The molecule has 0 N–H and O–H groups in total. The summed E-state index contributed by atoms with van der Waals surface area (Å²) in [7, 11) is 3.17. The maximum absolute atomic E-state index is 12.2. The van der Waals surface area contributed by atoms with Gasteiger partial charge in [0.25, 0.3) is 0 Å². The first-order valence-electron chi connectivity index (χ1n) is 6.47. The van der Waals surface area contributed by atoms with E-state index in [1.807, 2.05) is 24.3 Å². The number of ether oxygens (including phenoxy) is 2. The van der Waals surface area contributed by atoms with Crippen LogP contribution in [0.1, 0.15) is 0 Å². The number of hydrogen-bond donors (Lipinski definition) is 0. The second-order valence-corrected chi connectivity index (χ2v) is 4.57. The van der Waals surface area contributed by atoms with Crippen molar-refractivity contribution in [2.24, 2.45) is 0 Å². The number of hydrogen-bond acceptors (Lipinski definition) is 4. The molecular formula is C17H14O4. The molecule has 0 amide bonds. The van der Waals surface area contributed by atoms with Crippen molar-refractivity contribution in [1.29, 1.82) is 0 Å². The van der Waals surface area contributed by atoms with Crippen molar-refractivity contribution in [2.75, 3.05) is 14.2 Å². The predicted molar refractivity (Wildman–Crippen MR) is 81.0 cm³/mol. The van der Waals surface area contributed by atoms with E-state index in [-0.39, 0.29) is 5.43 Å². The van der Waals surface area contributed by atoms with E-state index in [4.69, 9.17) is 13.9 Å². The molecule has 3 rings (SSSR count). The smallest absolute Gasteiger partial charge is 0.193 e. The molecule has 21 heavy (non-hydrogen) atoms. The van der Waals surface area contributed by atoms with E-state index in [0.717, 1.165) is 5.56 Å². The van der Waals surface area contributed by atoms with Crippen molar-refractivity contribution in [3.05, 3.63) is 58.8 Å². The number of rotatable bonds is 3. The molecule has 0 spiro atoms. The summed E-state index contributed by atoms with van der Waals surface area (Å²) >= 11 is 0. The lowest BCUT2D eigenvalue weighted by atomic mass is 10.1. The molecule has 4 heteroatoms. The topological polar surface area (TPSA) is 48.7 Å². The lowest BCUT2D eigenvalue weighted by molar-refractivity contribution is 0.414. The standard InChI is InChI=1S/C17H14O4/c1-19-12-5-3-4-11(8-12)16-10-15(18)14-7-6-13(20-2)9-17(14)21-16/h3-10H,1-2H3. The van der Waals surface area contributed by atoms with E-state index in [0.29, 0.717) is 28.2 Å². The second-order valence-electron chi connectivity index (χ2n) is 4.57. The maximum atomic E-state index is 12.2. The Morgan fingerprint density at radius 1 is 0.905 bits per heavy atom. The van der Waals surface area contributed by atoms with Crippen LogP contribution in [0.5, 0.6) is 11.5 Å². The Morgan fingerprint density at radius 3 is 2.43 bits per heavy atom. The number of methoxy groups -OCH3 is 2. The molecule has 0 saturated carbocycles. The fraction of sp³-hybridized carbons (Fsp3) is 0.118. The highest BCUT2D eigenvalue weighted by Crippen LogP contribution is 2.26. The normalized spacial score (nSPS) is 10.6. The highest BCUT2D eigenvalue weighted by atomic mass is 16.5. The van der Waals surface area contributed by atoms with Crippen molar-refractivity contribution in [2.45, 2.75) is 0 Å². The van der Waals surface area contributed by atoms with Gasteiger partial charge in [-0.05, 0) is 24.3 Å². The van der Waals surface area contributed by atoms with Gasteiger partial charge in [-0.15, -0.1) is 0 Å². The summed E-state index contributed by atoms with van der Waals surface area (Å²) in [5.74, 6) is 1.86. The highest BCUT2D eigenvalue weighted by Gasteiger charge is 2.08. The Morgan fingerprint density at radius 2 is 1.67 bits per heavy atom. The van der Waals surface area contributed by atoms with E-state index < -0.39 is 0 Å². The highest BCUT2D eigenvalue weighted by molar-refractivity contribution is 5.80. The van der Waals surface area contributed by atoms with E-state index >= 15 is 0 Å². The third kappa shape index (κ3) is 2.48. The van der Waals surface area contributed by atoms with Gasteiger partial charge in [-0.25, -0.2) is 0 Å². The fourth-order valence-electron chi connectivity index (χ4n) is 2.18. The van der Waals surface area contributed by atoms with Gasteiger partial charge < -0.3 is 13.9 Å². The summed E-state index contributed by atoms with van der Waals surface area (Å²) in [4.78, 5) is 12.2. The van der Waals surface area contributed by atoms with Crippen LogP contribution in [0.25, 0.3) is 22.3 Å². The van der Waals surface area contributed by atoms with Crippen molar-refractivity contribution in [3.8, 4) is 22.8 Å². The van der Waals surface area contributed by atoms with Gasteiger partial charge in [-0.2, -0.15) is 0 Å². The van der Waals surface area contributed by atoms with Crippen molar-refractivity contribution < 1.29 is 13.9 Å². The van der Waals surface area contributed by atoms with Gasteiger partial charge in [0.1, 0.15) is 22.8 Å². The third-order valence-corrected chi connectivity index (χ3v) is 3.29. The summed E-state index contributed by atoms with van der Waals surface area (Å²) in [5, 5.41) is 0.530. The largest absolute Gasteiger partial charge is 0.497 e. The average Bonchev–Trinajstić information content (AvgIpc) is 2.54. The number of benzene rings is 2. The van der Waals surface area contributed by atoms with Gasteiger partial charge in [0.05, 0.1) is 19.6 Å². The Balaban J connectivity index is 2.21. The Bertz CT molecular complexity index is 849. The van der Waals surface area contributed by atoms with Gasteiger partial charge in [0.2, 0.25) is 0 Å². The zero-order valence-electron chi connectivity index (χ0n) is 11.8. The van der Waals surface area contributed by atoms with E-state index in [2.05, 4.69) is 0 Å². The van der Waals surface area contributed by atoms with Crippen molar-refractivity contribution in [1.82, 2.24) is 0 Å². The monoisotopic (exact) mass is 282 g/mol. The molecule has 0 aliphatic carbocycles. The quantitative estimate of drug-likeness (QED) is 0.738. The first kappa shape index (κ1) is 13.2. The Kier molecular flexibility index (Phi) is 3.36. The molecule has 4 nitrogen and oxygen atoms in total. The molecule has 1 aromatic heterocycles. The third-order valence-electron chi connectivity index (χ3n) is 3.29. The molecule has 0 aliphatic rings. The maximum Gasteiger partial charge on any atom is 0.193 e. The molecule has 0 saturated heterocycles. The lowest BCUT2D eigenvalue weighted by Gasteiger charge is -2.06. The van der Waals surface area contributed by atoms with Crippen LogP contribution in [0.15, 0.2) is 57.7 Å². The minimum atomic E-state index is -0.0864. The molecule has 1 heterocycles. The van der Waals surface area contributed by atoms with Crippen LogP contribution in [-0.2, 0) is 0 Å². The average molecular weight is 282 g/mol. The molecule has 0 aliphatic heterocycles. The fourth-order valence-corrected chi connectivity index (χ4v) is 2.18. The van der Waals surface area contributed by atoms with Gasteiger partial charge in [0.15, 0.2) is 5.43 Å². The SMILES string of the molecule is COc1cccc(-c2cc(=O)c3ccc(OC)cc3o2)c1. The van der Waals surface area contributed by atoms with Crippen LogP contribution in [0.3, 0.4) is 0 Å². The van der Waals surface area contributed by atoms with Crippen LogP contribution in [-0.4, -0.2) is 14.2 Å². The van der Waals surface area contributed by atoms with Gasteiger partial charge in [-0.1, -0.05) is 12.1 Å². The molecule has 0 bridgehead atoms. The predicted octanol–water partition coefficient (Wildman–Crippen LogP) is 3.48. The zero-order valence-corrected chi connectivity index (χ0v) is 11.8. The van der Waals surface area contributed by atoms with Crippen LogP contribution in [0.2, 0.25) is 0 Å². The molecule has 0 unspecified atom stereocenters. The van der Waals surface area contributed by atoms with E-state index in [1.165, 1.54) is 6.07 Å². The van der Waals surface area contributed by atoms with Crippen molar-refractivity contribution >= 4 is 11.0 Å². The summed E-state index contributed by atoms with van der Waals surface area (Å²) in [5.41, 5.74) is 1.20. The van der Waals surface area contributed by atoms with Crippen LogP contribution in [0.4, 0.5) is 0 Å². The summed E-state index contributed by atoms with van der Waals surface area (Å²) in [6, 6.07) is 14.0. The number of fused-ring (bicyclic) bond motifs is 1. The van der Waals surface area contributed by atoms with Crippen LogP contribution >= 0.6 is 0 Å². The molecule has 2 aromatic carbocycles. The van der Waals surface area contributed by atoms with Gasteiger partial charge in [0, 0.05) is 17.7 Å². The lowest BCUT2D eigenvalue weighted by Crippen LogP contribution is -2.00. The van der Waals surface area contributed by atoms with Gasteiger partial charge in [-0.3, -0.25) is 4.79 Å². The first-order chi connectivity index (χ1) is 10.2. The van der Waals surface area contributed by atoms with E-state index in [9.17, 15) is 4.79 Å². The molecule has 106 valence electrons. The molecule has 0 fully saturated rings. The minimum Gasteiger partial charge on any atom is -0.497 e. The summed E-state index contributed by atoms with van der Waals surface area (Å²) in [6.45, 7) is 0. The zero-order chi connectivity index (χ0) is 14.8. The van der Waals surface area contributed by atoms with Crippen molar-refractivity contribution in [3.63, 3.8) is 0 Å². The summed E-state index contributed by atoms with van der Waals surface area (Å²) in [6.07, 6.45) is 0. The molecule has 3 aromatic rings. The first-order valence-corrected chi connectivity index (χ1v) is 6.47.